The molecule has 1 fully saturated rings. The number of carbonyl (C=O) groups is 2. The molecule has 2 amide bonds. The molecule has 1 saturated carbocycles. The summed E-state index contributed by atoms with van der Waals surface area (Å²) in [6.45, 7) is 1.47. The molecule has 1 aliphatic carbocycles. The Bertz CT molecular complexity index is 1070. The zero-order valence-electron chi connectivity index (χ0n) is 16.5. The Kier molecular flexibility index (Phi) is 5.58. The molecule has 0 saturated heterocycles. The Morgan fingerprint density at radius 3 is 2.53 bits per heavy atom. The third-order valence-corrected chi connectivity index (χ3v) is 4.90. The third kappa shape index (κ3) is 4.55. The number of hydrogen-bond acceptors (Lipinski definition) is 6. The van der Waals surface area contributed by atoms with Crippen molar-refractivity contribution in [1.29, 1.82) is 0 Å². The zero-order chi connectivity index (χ0) is 21.1. The third-order valence-electron chi connectivity index (χ3n) is 4.90. The summed E-state index contributed by atoms with van der Waals surface area (Å²) >= 11 is 0. The molecule has 3 N–H and O–H groups in total. The first kappa shape index (κ1) is 19.8. The predicted octanol–water partition coefficient (Wildman–Crippen LogP) is 2.21. The van der Waals surface area contributed by atoms with Gasteiger partial charge in [0, 0.05) is 17.2 Å². The van der Waals surface area contributed by atoms with Gasteiger partial charge in [-0.15, -0.1) is 10.2 Å². The summed E-state index contributed by atoms with van der Waals surface area (Å²) in [6.07, 6.45) is 2.11. The molecule has 0 unspecified atom stereocenters. The average molecular weight is 406 g/mol. The van der Waals surface area contributed by atoms with Gasteiger partial charge in [0.2, 0.25) is 17.7 Å². The number of aliphatic hydroxyl groups excluding tert-OH is 1. The van der Waals surface area contributed by atoms with Crippen molar-refractivity contribution in [3.8, 4) is 22.6 Å². The summed E-state index contributed by atoms with van der Waals surface area (Å²) in [5.74, 6) is 0.0368. The normalized spacial score (nSPS) is 13.1. The van der Waals surface area contributed by atoms with Crippen LogP contribution < -0.4 is 10.6 Å². The summed E-state index contributed by atoms with van der Waals surface area (Å²) in [4.78, 5) is 23.5. The lowest BCUT2D eigenvalue weighted by Gasteiger charge is -2.10. The molecule has 0 atom stereocenters. The van der Waals surface area contributed by atoms with Crippen LogP contribution in [0.1, 0.15) is 34.7 Å². The Balaban J connectivity index is 1.50. The van der Waals surface area contributed by atoms with Crippen molar-refractivity contribution in [1.82, 2.24) is 20.8 Å². The van der Waals surface area contributed by atoms with Crippen LogP contribution in [0.3, 0.4) is 0 Å². The van der Waals surface area contributed by atoms with E-state index in [1.165, 1.54) is 0 Å². The van der Waals surface area contributed by atoms with Gasteiger partial charge >= 0.3 is 0 Å². The molecule has 8 heteroatoms. The highest BCUT2D eigenvalue weighted by Crippen LogP contribution is 2.28. The molecule has 1 heterocycles. The van der Waals surface area contributed by atoms with Gasteiger partial charge in [0.25, 0.3) is 5.91 Å². The number of carbonyl (C=O) groups excluding carboxylic acids is 2. The highest BCUT2D eigenvalue weighted by atomic mass is 16.4. The maximum atomic E-state index is 12.4. The van der Waals surface area contributed by atoms with Gasteiger partial charge in [-0.05, 0) is 60.7 Å². The quantitative estimate of drug-likeness (QED) is 0.554. The minimum Gasteiger partial charge on any atom is -0.419 e. The number of aryl methyl sites for hydroxylation is 1. The van der Waals surface area contributed by atoms with Crippen molar-refractivity contribution in [3.05, 3.63) is 59.5 Å². The fraction of sp³-hybridized carbons (Fsp3) is 0.273. The monoisotopic (exact) mass is 406 g/mol. The second kappa shape index (κ2) is 8.46. The number of hydrogen-bond donors (Lipinski definition) is 3. The molecule has 0 aliphatic heterocycles. The van der Waals surface area contributed by atoms with E-state index in [1.54, 1.807) is 0 Å². The Labute approximate surface area is 173 Å². The van der Waals surface area contributed by atoms with Gasteiger partial charge in [-0.1, -0.05) is 18.2 Å². The van der Waals surface area contributed by atoms with Crippen molar-refractivity contribution in [3.63, 3.8) is 0 Å². The first-order valence-electron chi connectivity index (χ1n) is 9.76. The lowest BCUT2D eigenvalue weighted by atomic mass is 9.97. The first-order chi connectivity index (χ1) is 14.5. The van der Waals surface area contributed by atoms with Crippen LogP contribution in [0, 0.1) is 6.92 Å². The number of aliphatic hydroxyl groups is 1. The summed E-state index contributed by atoms with van der Waals surface area (Å²) in [6, 6.07) is 13.7. The predicted molar refractivity (Wildman–Crippen MR) is 109 cm³/mol. The van der Waals surface area contributed by atoms with E-state index in [0.29, 0.717) is 17.5 Å². The number of benzene rings is 2. The van der Waals surface area contributed by atoms with E-state index < -0.39 is 12.5 Å². The molecule has 0 radical (unpaired) electrons. The highest BCUT2D eigenvalue weighted by Gasteiger charge is 2.24. The van der Waals surface area contributed by atoms with Crippen LogP contribution in [0.15, 0.2) is 46.9 Å². The van der Waals surface area contributed by atoms with E-state index in [1.807, 2.05) is 49.4 Å². The van der Waals surface area contributed by atoms with Crippen molar-refractivity contribution in [2.75, 3.05) is 6.61 Å². The minimum atomic E-state index is -0.592. The molecular weight excluding hydrogens is 384 g/mol. The average Bonchev–Trinajstić information content (AvgIpc) is 3.45. The first-order valence-corrected chi connectivity index (χ1v) is 9.76. The Hall–Kier alpha value is -3.52. The number of nitrogens with one attached hydrogen (secondary N) is 2. The minimum absolute atomic E-state index is 0.0398. The SMILES string of the molecule is Cc1ccc(C(=O)NC2CC2)cc1-c1ccc(-c2nnc(CNC(=O)CO)o2)cc1. The second-order valence-electron chi connectivity index (χ2n) is 7.29. The van der Waals surface area contributed by atoms with Crippen molar-refractivity contribution >= 4 is 11.8 Å². The molecule has 8 nitrogen and oxygen atoms in total. The summed E-state index contributed by atoms with van der Waals surface area (Å²) in [5.41, 5.74) is 4.44. The lowest BCUT2D eigenvalue weighted by molar-refractivity contribution is -0.124. The number of aromatic nitrogens is 2. The Morgan fingerprint density at radius 1 is 1.10 bits per heavy atom. The van der Waals surface area contributed by atoms with Crippen LogP contribution >= 0.6 is 0 Å². The van der Waals surface area contributed by atoms with Crippen LogP contribution in [0.25, 0.3) is 22.6 Å². The van der Waals surface area contributed by atoms with Crippen LogP contribution in [0.2, 0.25) is 0 Å². The smallest absolute Gasteiger partial charge is 0.251 e. The molecule has 30 heavy (non-hydrogen) atoms. The molecule has 0 bridgehead atoms. The Morgan fingerprint density at radius 2 is 1.83 bits per heavy atom. The maximum Gasteiger partial charge on any atom is 0.251 e. The van der Waals surface area contributed by atoms with Gasteiger partial charge in [0.1, 0.15) is 6.61 Å². The van der Waals surface area contributed by atoms with Crippen molar-refractivity contribution < 1.29 is 19.1 Å². The highest BCUT2D eigenvalue weighted by molar-refractivity contribution is 5.96. The molecule has 154 valence electrons. The zero-order valence-corrected chi connectivity index (χ0v) is 16.5. The molecular formula is C22H22N4O4. The fourth-order valence-electron chi connectivity index (χ4n) is 3.03. The van der Waals surface area contributed by atoms with Crippen LogP contribution in [0.5, 0.6) is 0 Å². The standard InChI is InChI=1S/C22H22N4O4/c1-13-2-3-16(21(29)24-17-8-9-17)10-18(13)14-4-6-15(7-5-14)22-26-25-20(30-22)11-23-19(28)12-27/h2-7,10,17,27H,8-9,11-12H2,1H3,(H,23,28)(H,24,29). The van der Waals surface area contributed by atoms with Crippen molar-refractivity contribution in [2.24, 2.45) is 0 Å². The number of amides is 2. The fourth-order valence-corrected chi connectivity index (χ4v) is 3.03. The summed E-state index contributed by atoms with van der Waals surface area (Å²) in [7, 11) is 0. The molecule has 1 aromatic heterocycles. The van der Waals surface area contributed by atoms with Gasteiger partial charge < -0.3 is 20.2 Å². The van der Waals surface area contributed by atoms with Gasteiger partial charge in [-0.2, -0.15) is 0 Å². The van der Waals surface area contributed by atoms with E-state index in [-0.39, 0.29) is 18.3 Å². The molecule has 0 spiro atoms. The van der Waals surface area contributed by atoms with E-state index >= 15 is 0 Å². The molecule has 1 aliphatic rings. The topological polar surface area (TPSA) is 117 Å². The molecule has 4 rings (SSSR count). The largest absolute Gasteiger partial charge is 0.419 e. The van der Waals surface area contributed by atoms with E-state index in [9.17, 15) is 9.59 Å². The van der Waals surface area contributed by atoms with E-state index in [0.717, 1.165) is 35.1 Å². The summed E-state index contributed by atoms with van der Waals surface area (Å²) < 4.78 is 5.56. The van der Waals surface area contributed by atoms with Crippen LogP contribution in [-0.2, 0) is 11.3 Å². The van der Waals surface area contributed by atoms with Gasteiger partial charge in [-0.25, -0.2) is 0 Å². The number of nitrogens with zero attached hydrogens (tertiary/aromatic N) is 2. The number of rotatable bonds is 7. The van der Waals surface area contributed by atoms with Crippen molar-refractivity contribution in [2.45, 2.75) is 32.4 Å². The lowest BCUT2D eigenvalue weighted by Crippen LogP contribution is -2.25. The van der Waals surface area contributed by atoms with Gasteiger partial charge in [0.05, 0.1) is 6.54 Å². The molecule has 3 aromatic rings. The summed E-state index contributed by atoms with van der Waals surface area (Å²) in [5, 5.41) is 22.1. The van der Waals surface area contributed by atoms with Crippen LogP contribution in [0.4, 0.5) is 0 Å². The molecule has 2 aromatic carbocycles. The maximum absolute atomic E-state index is 12.4. The van der Waals surface area contributed by atoms with Gasteiger partial charge in [-0.3, -0.25) is 9.59 Å². The second-order valence-corrected chi connectivity index (χ2v) is 7.29. The van der Waals surface area contributed by atoms with E-state index in [2.05, 4.69) is 20.8 Å². The van der Waals surface area contributed by atoms with Gasteiger partial charge in [0.15, 0.2) is 0 Å². The van der Waals surface area contributed by atoms with E-state index in [4.69, 9.17) is 9.52 Å². The van der Waals surface area contributed by atoms with Crippen LogP contribution in [-0.4, -0.2) is 39.8 Å².